The van der Waals surface area contributed by atoms with Crippen molar-refractivity contribution in [2.24, 2.45) is 5.92 Å². The predicted molar refractivity (Wildman–Crippen MR) is 125 cm³/mol. The first-order valence-corrected chi connectivity index (χ1v) is 11.2. The molecular weight excluding hydrogens is 393 g/mol. The van der Waals surface area contributed by atoms with Gasteiger partial charge in [0.15, 0.2) is 18.7 Å². The maximum absolute atomic E-state index is 10.3. The highest BCUT2D eigenvalue weighted by atomic mass is 16.8. The summed E-state index contributed by atoms with van der Waals surface area (Å²) < 4.78 is 23.8. The molecule has 1 heterocycles. The monoisotopic (exact) mass is 434 g/mol. The van der Waals surface area contributed by atoms with Crippen LogP contribution in [0.2, 0.25) is 0 Å². The molecule has 1 fully saturated rings. The Kier molecular flexibility index (Phi) is 8.26. The first kappa shape index (κ1) is 26.1. The van der Waals surface area contributed by atoms with Crippen molar-refractivity contribution in [3.63, 3.8) is 0 Å². The Balaban J connectivity index is 2.06. The third-order valence-electron chi connectivity index (χ3n) is 5.84. The molecule has 0 amide bonds. The third kappa shape index (κ3) is 7.76. The van der Waals surface area contributed by atoms with Crippen LogP contribution in [0.3, 0.4) is 0 Å². The second-order valence-electron chi connectivity index (χ2n) is 10.6. The van der Waals surface area contributed by atoms with E-state index >= 15 is 0 Å². The first-order chi connectivity index (χ1) is 14.1. The highest BCUT2D eigenvalue weighted by Crippen LogP contribution is 2.29. The number of hydrogen-bond acceptors (Lipinski definition) is 6. The summed E-state index contributed by atoms with van der Waals surface area (Å²) in [5.41, 5.74) is -0.0586. The van der Waals surface area contributed by atoms with Gasteiger partial charge in [-0.25, -0.2) is 0 Å². The lowest BCUT2D eigenvalue weighted by molar-refractivity contribution is -0.0893. The van der Waals surface area contributed by atoms with Crippen LogP contribution in [0, 0.1) is 12.8 Å². The van der Waals surface area contributed by atoms with E-state index in [1.54, 1.807) is 21.3 Å². The molecule has 0 spiro atoms. The van der Waals surface area contributed by atoms with Crippen LogP contribution in [0.15, 0.2) is 18.2 Å². The van der Waals surface area contributed by atoms with E-state index in [1.807, 2.05) is 59.7 Å². The number of ether oxygens (including phenoxy) is 3. The van der Waals surface area contributed by atoms with Crippen molar-refractivity contribution in [1.82, 2.24) is 5.32 Å². The van der Waals surface area contributed by atoms with Gasteiger partial charge >= 0.3 is 7.48 Å². The van der Waals surface area contributed by atoms with Gasteiger partial charge < -0.3 is 24.0 Å². The molecule has 0 saturated carbocycles. The number of epoxide rings is 1. The second kappa shape index (κ2) is 9.80. The quantitative estimate of drug-likeness (QED) is 0.315. The van der Waals surface area contributed by atoms with Gasteiger partial charge in [-0.3, -0.25) is 5.32 Å². The van der Waals surface area contributed by atoms with Gasteiger partial charge in [0.25, 0.3) is 0 Å². The number of hydrogen-bond donors (Lipinski definition) is 2. The third-order valence-corrected chi connectivity index (χ3v) is 5.84. The van der Waals surface area contributed by atoms with Crippen molar-refractivity contribution in [2.45, 2.75) is 111 Å². The molecule has 4 atom stereocenters. The number of nitrogens with one attached hydrogen (secondary N) is 1. The molecule has 2 rings (SSSR count). The fraction of sp³-hybridized carbons (Fsp3) is 0.750. The van der Waals surface area contributed by atoms with Crippen LogP contribution < -0.4 is 15.5 Å². The summed E-state index contributed by atoms with van der Waals surface area (Å²) in [7, 11) is 1.67. The Morgan fingerprint density at radius 1 is 1.16 bits per heavy atom. The van der Waals surface area contributed by atoms with E-state index in [0.29, 0.717) is 0 Å². The largest absolute Gasteiger partial charge is 0.475 e. The van der Waals surface area contributed by atoms with E-state index in [1.165, 1.54) is 0 Å². The normalized spacial score (nSPS) is 21.5. The van der Waals surface area contributed by atoms with E-state index in [4.69, 9.17) is 18.9 Å². The van der Waals surface area contributed by atoms with Gasteiger partial charge in [-0.15, -0.1) is 0 Å². The molecule has 1 aromatic carbocycles. The smallest absolute Gasteiger partial charge is 0.331 e. The summed E-state index contributed by atoms with van der Waals surface area (Å²) in [4.78, 5) is 0. The van der Waals surface area contributed by atoms with Gasteiger partial charge in [-0.2, -0.15) is 0 Å². The maximum Gasteiger partial charge on any atom is 0.331 e. The molecule has 175 valence electrons. The molecule has 7 heteroatoms. The standard InChI is InChI=1S/C24H41BNO5/c1-11-15(2)19(26-20-21(29-20)30-22(4,5)6)28-18-14-17(13-12-16(18)3)25-31-24(9,10)23(7,8)27/h12-15,19-21,26-27H,11H2,1-10H3. The molecule has 0 aromatic heterocycles. The average Bonchev–Trinajstić information content (AvgIpc) is 3.35. The summed E-state index contributed by atoms with van der Waals surface area (Å²) in [5, 5.41) is 13.8. The SMILES string of the molecule is CCC(C)C(NC1OC1OC(C)(C)C)Oc1cc([B]OC(C)(C)C(C)(C)O)ccc1C. The molecule has 31 heavy (non-hydrogen) atoms. The van der Waals surface area contributed by atoms with Gasteiger partial charge in [0.05, 0.1) is 16.8 Å². The van der Waals surface area contributed by atoms with E-state index in [-0.39, 0.29) is 30.3 Å². The first-order valence-electron chi connectivity index (χ1n) is 11.2. The van der Waals surface area contributed by atoms with Crippen LogP contribution in [0.4, 0.5) is 0 Å². The average molecular weight is 434 g/mol. The molecule has 1 aromatic rings. The van der Waals surface area contributed by atoms with Gasteiger partial charge in [0.2, 0.25) is 0 Å². The lowest BCUT2D eigenvalue weighted by Gasteiger charge is -2.37. The van der Waals surface area contributed by atoms with E-state index in [0.717, 1.165) is 23.2 Å². The van der Waals surface area contributed by atoms with Crippen LogP contribution >= 0.6 is 0 Å². The maximum atomic E-state index is 10.3. The minimum absolute atomic E-state index is 0.177. The van der Waals surface area contributed by atoms with Crippen molar-refractivity contribution < 1.29 is 24.0 Å². The summed E-state index contributed by atoms with van der Waals surface area (Å²) >= 11 is 0. The predicted octanol–water partition coefficient (Wildman–Crippen LogP) is 3.64. The summed E-state index contributed by atoms with van der Waals surface area (Å²) in [5.74, 6) is 1.06. The van der Waals surface area contributed by atoms with Crippen molar-refractivity contribution in [2.75, 3.05) is 0 Å². The molecule has 4 unspecified atom stereocenters. The molecule has 1 saturated heterocycles. The van der Waals surface area contributed by atoms with Crippen LogP contribution in [0.5, 0.6) is 5.75 Å². The van der Waals surface area contributed by atoms with E-state index in [9.17, 15) is 5.11 Å². The molecule has 1 aliphatic rings. The Hall–Kier alpha value is -1.12. The topological polar surface area (TPSA) is 72.5 Å². The zero-order chi connectivity index (χ0) is 23.6. The molecule has 1 radical (unpaired) electrons. The fourth-order valence-electron chi connectivity index (χ4n) is 2.66. The van der Waals surface area contributed by atoms with E-state index < -0.39 is 11.2 Å². The van der Waals surface area contributed by atoms with Crippen molar-refractivity contribution in [3.8, 4) is 5.75 Å². The van der Waals surface area contributed by atoms with Gasteiger partial charge in [0, 0.05) is 5.92 Å². The highest BCUT2D eigenvalue weighted by molar-refractivity contribution is 6.47. The summed E-state index contributed by atoms with van der Waals surface area (Å²) in [6, 6.07) is 5.95. The molecule has 6 nitrogen and oxygen atoms in total. The minimum atomic E-state index is -0.977. The Labute approximate surface area is 189 Å². The van der Waals surface area contributed by atoms with Crippen LogP contribution in [0.25, 0.3) is 0 Å². The van der Waals surface area contributed by atoms with Crippen molar-refractivity contribution >= 4 is 12.9 Å². The number of rotatable bonds is 11. The van der Waals surface area contributed by atoms with E-state index in [2.05, 4.69) is 19.2 Å². The fourth-order valence-corrected chi connectivity index (χ4v) is 2.66. The minimum Gasteiger partial charge on any atom is -0.475 e. The van der Waals surface area contributed by atoms with Crippen LogP contribution in [-0.2, 0) is 14.1 Å². The zero-order valence-corrected chi connectivity index (χ0v) is 20.9. The number of aryl methyl sites for hydroxylation is 1. The van der Waals surface area contributed by atoms with Crippen LogP contribution in [-0.4, -0.2) is 48.1 Å². The van der Waals surface area contributed by atoms with Gasteiger partial charge in [-0.1, -0.05) is 26.0 Å². The number of aliphatic hydroxyl groups is 1. The Bertz CT molecular complexity index is 726. The summed E-state index contributed by atoms with van der Waals surface area (Å²) in [6.07, 6.45) is 0.312. The lowest BCUT2D eigenvalue weighted by Crippen LogP contribution is -2.49. The Morgan fingerprint density at radius 3 is 2.35 bits per heavy atom. The van der Waals surface area contributed by atoms with Crippen molar-refractivity contribution in [1.29, 1.82) is 0 Å². The molecular formula is C24H41BNO5. The van der Waals surface area contributed by atoms with Gasteiger partial charge in [-0.05, 0) is 78.9 Å². The molecule has 0 aliphatic carbocycles. The Morgan fingerprint density at radius 2 is 1.81 bits per heavy atom. The second-order valence-corrected chi connectivity index (χ2v) is 10.6. The zero-order valence-electron chi connectivity index (χ0n) is 20.9. The van der Waals surface area contributed by atoms with Gasteiger partial charge in [0.1, 0.15) is 5.75 Å². The lowest BCUT2D eigenvalue weighted by atomic mass is 9.82. The molecule has 1 aliphatic heterocycles. The van der Waals surface area contributed by atoms with Crippen LogP contribution in [0.1, 0.15) is 74.3 Å². The molecule has 0 bridgehead atoms. The molecule has 2 N–H and O–H groups in total. The summed E-state index contributed by atoms with van der Waals surface area (Å²) in [6.45, 7) is 19.6. The van der Waals surface area contributed by atoms with Crippen molar-refractivity contribution in [3.05, 3.63) is 23.8 Å². The number of benzene rings is 1. The highest BCUT2D eigenvalue weighted by Gasteiger charge is 2.45.